The average Bonchev–Trinajstić information content (AvgIpc) is 2.68. The molecule has 0 N–H and O–H groups in total. The van der Waals surface area contributed by atoms with Crippen LogP contribution in [0.2, 0.25) is 0 Å². The van der Waals surface area contributed by atoms with Gasteiger partial charge in [0.2, 0.25) is 6.79 Å². The largest absolute Gasteiger partial charge is 0.454 e. The minimum atomic E-state index is 0.304. The van der Waals surface area contributed by atoms with Gasteiger partial charge in [-0.3, -0.25) is 0 Å². The van der Waals surface area contributed by atoms with E-state index in [-0.39, 0.29) is 0 Å². The molecular formula is C13H22O2. The third kappa shape index (κ3) is 4.24. The van der Waals surface area contributed by atoms with Crippen molar-refractivity contribution in [2.45, 2.75) is 34.6 Å². The lowest BCUT2D eigenvalue weighted by Gasteiger charge is -2.04. The number of hydrogen-bond donors (Lipinski definition) is 0. The SMILES string of the molecule is C=CC1=C(/C=C(\C)C(C)C)OCO1.CC. The maximum Gasteiger partial charge on any atom is 0.231 e. The van der Waals surface area contributed by atoms with E-state index in [2.05, 4.69) is 27.4 Å². The summed E-state index contributed by atoms with van der Waals surface area (Å²) >= 11 is 0. The Kier molecular flexibility index (Phi) is 6.59. The van der Waals surface area contributed by atoms with Crippen molar-refractivity contribution in [1.29, 1.82) is 0 Å². The summed E-state index contributed by atoms with van der Waals surface area (Å²) in [5.41, 5.74) is 1.28. The van der Waals surface area contributed by atoms with E-state index in [0.29, 0.717) is 12.7 Å². The van der Waals surface area contributed by atoms with Gasteiger partial charge >= 0.3 is 0 Å². The number of rotatable bonds is 3. The lowest BCUT2D eigenvalue weighted by atomic mass is 10.0. The van der Waals surface area contributed by atoms with Crippen LogP contribution in [0.15, 0.2) is 35.8 Å². The first-order chi connectivity index (χ1) is 7.15. The monoisotopic (exact) mass is 210 g/mol. The maximum atomic E-state index is 5.29. The molecule has 0 spiro atoms. The maximum absolute atomic E-state index is 5.29. The molecule has 0 radical (unpaired) electrons. The van der Waals surface area contributed by atoms with E-state index in [1.165, 1.54) is 5.57 Å². The Morgan fingerprint density at radius 1 is 1.27 bits per heavy atom. The standard InChI is InChI=1S/C11H16O2.C2H6/c1-5-10-11(13-7-12-10)6-9(4)8(2)3;1-2/h5-6,8H,1,7H2,2-4H3;1-2H3/b9-6+;. The van der Waals surface area contributed by atoms with Crippen LogP contribution >= 0.6 is 0 Å². The Hall–Kier alpha value is -1.18. The van der Waals surface area contributed by atoms with Gasteiger partial charge in [0.15, 0.2) is 11.5 Å². The van der Waals surface area contributed by atoms with E-state index < -0.39 is 0 Å². The molecule has 15 heavy (non-hydrogen) atoms. The summed E-state index contributed by atoms with van der Waals surface area (Å²) < 4.78 is 10.5. The molecule has 2 nitrogen and oxygen atoms in total. The highest BCUT2D eigenvalue weighted by atomic mass is 16.7. The molecule has 0 saturated carbocycles. The first-order valence-electron chi connectivity index (χ1n) is 5.45. The first-order valence-corrected chi connectivity index (χ1v) is 5.45. The van der Waals surface area contributed by atoms with Gasteiger partial charge in [-0.1, -0.05) is 39.8 Å². The molecule has 1 heterocycles. The molecule has 0 aliphatic carbocycles. The Bertz CT molecular complexity index is 260. The molecule has 0 amide bonds. The first kappa shape index (κ1) is 13.8. The molecule has 2 heteroatoms. The van der Waals surface area contributed by atoms with E-state index in [9.17, 15) is 0 Å². The van der Waals surface area contributed by atoms with Crippen molar-refractivity contribution in [2.24, 2.45) is 5.92 Å². The summed E-state index contributed by atoms with van der Waals surface area (Å²) in [5.74, 6) is 2.06. The molecule has 0 aromatic carbocycles. The summed E-state index contributed by atoms with van der Waals surface area (Å²) in [7, 11) is 0. The van der Waals surface area contributed by atoms with Gasteiger partial charge in [0.1, 0.15) is 0 Å². The van der Waals surface area contributed by atoms with Crippen molar-refractivity contribution >= 4 is 0 Å². The molecule has 1 aliphatic rings. The lowest BCUT2D eigenvalue weighted by molar-refractivity contribution is 0.0777. The lowest BCUT2D eigenvalue weighted by Crippen LogP contribution is -1.91. The highest BCUT2D eigenvalue weighted by Crippen LogP contribution is 2.21. The molecule has 0 fully saturated rings. The Morgan fingerprint density at radius 3 is 2.27 bits per heavy atom. The molecule has 0 bridgehead atoms. The van der Waals surface area contributed by atoms with E-state index in [0.717, 1.165) is 11.5 Å². The molecular weight excluding hydrogens is 188 g/mol. The molecule has 0 atom stereocenters. The number of hydrogen-bond acceptors (Lipinski definition) is 2. The smallest absolute Gasteiger partial charge is 0.231 e. The van der Waals surface area contributed by atoms with E-state index in [1.54, 1.807) is 6.08 Å². The van der Waals surface area contributed by atoms with E-state index in [4.69, 9.17) is 9.47 Å². The molecule has 1 aliphatic heterocycles. The average molecular weight is 210 g/mol. The van der Waals surface area contributed by atoms with E-state index >= 15 is 0 Å². The summed E-state index contributed by atoms with van der Waals surface area (Å²) in [4.78, 5) is 0. The number of ether oxygens (including phenoxy) is 2. The molecule has 86 valence electrons. The zero-order valence-electron chi connectivity index (χ0n) is 10.5. The van der Waals surface area contributed by atoms with Crippen molar-refractivity contribution in [3.8, 4) is 0 Å². The van der Waals surface area contributed by atoms with Crippen LogP contribution in [0.4, 0.5) is 0 Å². The van der Waals surface area contributed by atoms with Gasteiger partial charge in [0, 0.05) is 0 Å². The van der Waals surface area contributed by atoms with Crippen LogP contribution in [-0.4, -0.2) is 6.79 Å². The Balaban J connectivity index is 0.000000921. The Labute approximate surface area is 93.3 Å². The van der Waals surface area contributed by atoms with Gasteiger partial charge in [-0.05, 0) is 25.0 Å². The van der Waals surface area contributed by atoms with Crippen molar-refractivity contribution < 1.29 is 9.47 Å². The minimum absolute atomic E-state index is 0.304. The van der Waals surface area contributed by atoms with Crippen molar-refractivity contribution in [2.75, 3.05) is 6.79 Å². The molecule has 0 unspecified atom stereocenters. The number of allylic oxidation sites excluding steroid dienone is 3. The van der Waals surface area contributed by atoms with Gasteiger partial charge < -0.3 is 9.47 Å². The third-order valence-electron chi connectivity index (χ3n) is 2.13. The molecule has 0 aromatic heterocycles. The van der Waals surface area contributed by atoms with Gasteiger partial charge in [0.05, 0.1) is 0 Å². The summed E-state index contributed by atoms with van der Waals surface area (Å²) in [5, 5.41) is 0. The summed E-state index contributed by atoms with van der Waals surface area (Å²) in [6.45, 7) is 14.3. The predicted octanol–water partition coefficient (Wildman–Crippen LogP) is 4.02. The van der Waals surface area contributed by atoms with Crippen LogP contribution in [0, 0.1) is 5.92 Å². The van der Waals surface area contributed by atoms with Crippen LogP contribution < -0.4 is 0 Å². The minimum Gasteiger partial charge on any atom is -0.454 e. The molecule has 1 rings (SSSR count). The van der Waals surface area contributed by atoms with E-state index in [1.807, 2.05) is 19.9 Å². The molecule has 0 aromatic rings. The van der Waals surface area contributed by atoms with Crippen LogP contribution in [0.1, 0.15) is 34.6 Å². The predicted molar refractivity (Wildman–Crippen MR) is 64.2 cm³/mol. The highest BCUT2D eigenvalue weighted by Gasteiger charge is 2.12. The van der Waals surface area contributed by atoms with Crippen molar-refractivity contribution in [1.82, 2.24) is 0 Å². The summed E-state index contributed by atoms with van der Waals surface area (Å²) in [6, 6.07) is 0. The van der Waals surface area contributed by atoms with Crippen LogP contribution in [0.5, 0.6) is 0 Å². The van der Waals surface area contributed by atoms with Crippen LogP contribution in [-0.2, 0) is 9.47 Å². The van der Waals surface area contributed by atoms with Gasteiger partial charge in [0.25, 0.3) is 0 Å². The fourth-order valence-electron chi connectivity index (χ4n) is 0.944. The molecule has 0 saturated heterocycles. The Morgan fingerprint density at radius 2 is 1.80 bits per heavy atom. The fourth-order valence-corrected chi connectivity index (χ4v) is 0.944. The van der Waals surface area contributed by atoms with Crippen LogP contribution in [0.25, 0.3) is 0 Å². The zero-order valence-corrected chi connectivity index (χ0v) is 10.5. The topological polar surface area (TPSA) is 18.5 Å². The van der Waals surface area contributed by atoms with Gasteiger partial charge in [-0.2, -0.15) is 0 Å². The van der Waals surface area contributed by atoms with Crippen molar-refractivity contribution in [3.63, 3.8) is 0 Å². The fraction of sp³-hybridized carbons (Fsp3) is 0.538. The second-order valence-electron chi connectivity index (χ2n) is 3.38. The summed E-state index contributed by atoms with van der Waals surface area (Å²) in [6.07, 6.45) is 3.68. The van der Waals surface area contributed by atoms with Gasteiger partial charge in [-0.25, -0.2) is 0 Å². The zero-order chi connectivity index (χ0) is 11.8. The highest BCUT2D eigenvalue weighted by molar-refractivity contribution is 5.28. The second kappa shape index (κ2) is 7.16. The van der Waals surface area contributed by atoms with Crippen molar-refractivity contribution in [3.05, 3.63) is 35.8 Å². The normalized spacial score (nSPS) is 15.5. The van der Waals surface area contributed by atoms with Gasteiger partial charge in [-0.15, -0.1) is 0 Å². The third-order valence-corrected chi connectivity index (χ3v) is 2.13. The quantitative estimate of drug-likeness (QED) is 0.700. The second-order valence-corrected chi connectivity index (χ2v) is 3.38. The van der Waals surface area contributed by atoms with Crippen LogP contribution in [0.3, 0.4) is 0 Å².